The van der Waals surface area contributed by atoms with Crippen molar-refractivity contribution >= 4 is 40.6 Å². The second-order valence-electron chi connectivity index (χ2n) is 15.7. The minimum atomic E-state index is -0.702. The SMILES string of the molecule is Cc1c(-c2cc3cc(NC(=O)OC4CC5(CCN(C(=O)OC(C)(C)C)C(C)C5)C4)ncc3cc2F)cnc2c1N(C(=O)OC(C)(C)C)CCO2. The summed E-state index contributed by atoms with van der Waals surface area (Å²) in [5.41, 5.74) is 0.579. The molecule has 2 fully saturated rings. The molecule has 1 N–H and O–H groups in total. The third-order valence-corrected chi connectivity index (χ3v) is 9.40. The van der Waals surface area contributed by atoms with E-state index in [1.807, 2.05) is 27.7 Å². The van der Waals surface area contributed by atoms with Gasteiger partial charge in [0.15, 0.2) is 0 Å². The fraction of sp³-hybridized carbons (Fsp3) is 0.541. The summed E-state index contributed by atoms with van der Waals surface area (Å²) in [6, 6.07) is 4.74. The van der Waals surface area contributed by atoms with E-state index in [9.17, 15) is 14.4 Å². The quantitative estimate of drug-likeness (QED) is 0.271. The van der Waals surface area contributed by atoms with Gasteiger partial charge in [0.25, 0.3) is 0 Å². The molecule has 3 aromatic rings. The van der Waals surface area contributed by atoms with Gasteiger partial charge < -0.3 is 23.8 Å². The molecule has 0 bridgehead atoms. The number of carbonyl (C=O) groups excluding carboxylic acids is 3. The molecule has 0 radical (unpaired) electrons. The molecular weight excluding hydrogens is 645 g/mol. The van der Waals surface area contributed by atoms with Crippen molar-refractivity contribution in [1.29, 1.82) is 0 Å². The van der Waals surface area contributed by atoms with Crippen molar-refractivity contribution in [2.75, 3.05) is 29.9 Å². The highest BCUT2D eigenvalue weighted by atomic mass is 19.1. The van der Waals surface area contributed by atoms with Gasteiger partial charge in [0, 0.05) is 41.5 Å². The number of amides is 3. The Bertz CT molecular complexity index is 1830. The van der Waals surface area contributed by atoms with Crippen LogP contribution >= 0.6 is 0 Å². The first-order chi connectivity index (χ1) is 23.4. The fourth-order valence-corrected chi connectivity index (χ4v) is 7.20. The van der Waals surface area contributed by atoms with E-state index < -0.39 is 29.2 Å². The molecule has 268 valence electrons. The van der Waals surface area contributed by atoms with Gasteiger partial charge in [-0.05, 0) is 116 Å². The number of ether oxygens (including phenoxy) is 4. The summed E-state index contributed by atoms with van der Waals surface area (Å²) in [6.07, 6.45) is 4.45. The molecule has 12 nitrogen and oxygen atoms in total. The van der Waals surface area contributed by atoms with E-state index in [0.717, 1.165) is 25.7 Å². The van der Waals surface area contributed by atoms with Gasteiger partial charge in [0.1, 0.15) is 41.2 Å². The molecular formula is C37H46FN5O7. The van der Waals surface area contributed by atoms with Gasteiger partial charge in [-0.25, -0.2) is 28.7 Å². The molecule has 1 aliphatic carbocycles. The van der Waals surface area contributed by atoms with Gasteiger partial charge in [0.2, 0.25) is 5.88 Å². The maximum absolute atomic E-state index is 15.6. The van der Waals surface area contributed by atoms with E-state index in [0.29, 0.717) is 34.1 Å². The lowest BCUT2D eigenvalue weighted by molar-refractivity contribution is -0.0843. The number of halogens is 1. The summed E-state index contributed by atoms with van der Waals surface area (Å²) in [6.45, 7) is 15.9. The lowest BCUT2D eigenvalue weighted by Crippen LogP contribution is -2.55. The van der Waals surface area contributed by atoms with Gasteiger partial charge in [-0.1, -0.05) is 0 Å². The lowest BCUT2D eigenvalue weighted by Gasteiger charge is -2.53. The van der Waals surface area contributed by atoms with Crippen LogP contribution in [-0.2, 0) is 14.2 Å². The van der Waals surface area contributed by atoms with Crippen LogP contribution in [0.4, 0.5) is 30.3 Å². The van der Waals surface area contributed by atoms with E-state index in [4.69, 9.17) is 18.9 Å². The first-order valence-corrected chi connectivity index (χ1v) is 17.1. The van der Waals surface area contributed by atoms with Gasteiger partial charge in [-0.2, -0.15) is 0 Å². The maximum Gasteiger partial charge on any atom is 0.415 e. The molecule has 6 rings (SSSR count). The lowest BCUT2D eigenvalue weighted by atomic mass is 9.60. The Balaban J connectivity index is 1.12. The van der Waals surface area contributed by atoms with Crippen molar-refractivity contribution in [2.45, 2.75) is 104 Å². The number of piperidine rings is 1. The van der Waals surface area contributed by atoms with Gasteiger partial charge in [-0.15, -0.1) is 0 Å². The molecule has 4 heterocycles. The molecule has 1 saturated heterocycles. The summed E-state index contributed by atoms with van der Waals surface area (Å²) < 4.78 is 38.2. The Morgan fingerprint density at radius 1 is 0.920 bits per heavy atom. The van der Waals surface area contributed by atoms with E-state index in [1.165, 1.54) is 23.4 Å². The predicted molar refractivity (Wildman–Crippen MR) is 186 cm³/mol. The minimum absolute atomic E-state index is 0.0306. The number of likely N-dealkylation sites (tertiary alicyclic amines) is 1. The average Bonchev–Trinajstić information content (AvgIpc) is 2.98. The van der Waals surface area contributed by atoms with Crippen LogP contribution in [0.15, 0.2) is 30.6 Å². The van der Waals surface area contributed by atoms with Crippen LogP contribution in [0.25, 0.3) is 21.9 Å². The predicted octanol–water partition coefficient (Wildman–Crippen LogP) is 7.99. The average molecular weight is 692 g/mol. The fourth-order valence-electron chi connectivity index (χ4n) is 7.20. The number of fused-ring (bicyclic) bond motifs is 2. The minimum Gasteiger partial charge on any atom is -0.474 e. The van der Waals surface area contributed by atoms with E-state index in [2.05, 4.69) is 15.3 Å². The molecule has 3 amide bonds. The molecule has 3 aliphatic rings. The van der Waals surface area contributed by atoms with E-state index in [1.54, 1.807) is 44.7 Å². The van der Waals surface area contributed by atoms with Crippen LogP contribution in [0.1, 0.15) is 79.7 Å². The number of anilines is 2. The molecule has 13 heteroatoms. The largest absolute Gasteiger partial charge is 0.474 e. The van der Waals surface area contributed by atoms with Crippen molar-refractivity contribution in [2.24, 2.45) is 5.41 Å². The number of aromatic nitrogens is 2. The van der Waals surface area contributed by atoms with Crippen LogP contribution in [0.2, 0.25) is 0 Å². The maximum atomic E-state index is 15.6. The zero-order valence-electron chi connectivity index (χ0n) is 30.0. The normalized spacial score (nSPS) is 21.9. The van der Waals surface area contributed by atoms with E-state index in [-0.39, 0.29) is 54.1 Å². The Morgan fingerprint density at radius 3 is 2.30 bits per heavy atom. The molecule has 50 heavy (non-hydrogen) atoms. The third-order valence-electron chi connectivity index (χ3n) is 9.40. The second-order valence-corrected chi connectivity index (χ2v) is 15.7. The summed E-state index contributed by atoms with van der Waals surface area (Å²) >= 11 is 0. The second kappa shape index (κ2) is 12.9. The van der Waals surface area contributed by atoms with E-state index >= 15 is 4.39 Å². The zero-order chi connectivity index (χ0) is 36.2. The van der Waals surface area contributed by atoms with Gasteiger partial charge in [0.05, 0.1) is 6.54 Å². The van der Waals surface area contributed by atoms with Crippen LogP contribution in [0, 0.1) is 18.2 Å². The highest BCUT2D eigenvalue weighted by Gasteiger charge is 2.50. The highest BCUT2D eigenvalue weighted by Crippen LogP contribution is 2.52. The van der Waals surface area contributed by atoms with Crippen molar-refractivity contribution < 1.29 is 37.7 Å². The first kappa shape index (κ1) is 35.2. The molecule has 2 aliphatic heterocycles. The Hall–Kier alpha value is -4.68. The molecule has 2 aromatic heterocycles. The molecule has 1 aromatic carbocycles. The van der Waals surface area contributed by atoms with Crippen molar-refractivity contribution in [3.8, 4) is 17.0 Å². The van der Waals surface area contributed by atoms with Crippen LogP contribution in [0.3, 0.4) is 0 Å². The van der Waals surface area contributed by atoms with Crippen LogP contribution in [0.5, 0.6) is 5.88 Å². The summed E-state index contributed by atoms with van der Waals surface area (Å²) in [5, 5.41) is 3.90. The van der Waals surface area contributed by atoms with Crippen LogP contribution < -0.4 is 15.0 Å². The number of carbonyl (C=O) groups is 3. The molecule has 1 unspecified atom stereocenters. The van der Waals surface area contributed by atoms with Crippen molar-refractivity contribution in [3.05, 3.63) is 42.0 Å². The van der Waals surface area contributed by atoms with Crippen molar-refractivity contribution in [3.63, 3.8) is 0 Å². The smallest absolute Gasteiger partial charge is 0.415 e. The number of rotatable bonds is 3. The monoisotopic (exact) mass is 691 g/mol. The summed E-state index contributed by atoms with van der Waals surface area (Å²) in [5.74, 6) is 0.0463. The zero-order valence-corrected chi connectivity index (χ0v) is 30.0. The van der Waals surface area contributed by atoms with Gasteiger partial charge >= 0.3 is 18.3 Å². The number of hydrogen-bond donors (Lipinski definition) is 1. The standard InChI is InChI=1S/C37H46FN5O7/c1-21-16-37(9-10-42(21)33(45)49-35(3,4)5)17-25(18-37)48-32(44)41-29-15-23-13-26(28(38)14-24(23)19-39-29)27-20-40-31-30(22(27)2)43(11-12-47-31)34(46)50-36(6,7)8/h13-15,19-21,25H,9-12,16-18H2,1-8H3,(H,39,41,44). The summed E-state index contributed by atoms with van der Waals surface area (Å²) in [4.78, 5) is 50.6. The molecule has 1 spiro atoms. The highest BCUT2D eigenvalue weighted by molar-refractivity contribution is 5.95. The molecule has 1 saturated carbocycles. The summed E-state index contributed by atoms with van der Waals surface area (Å²) in [7, 11) is 0. The van der Waals surface area contributed by atoms with Crippen molar-refractivity contribution in [1.82, 2.24) is 14.9 Å². The Kier molecular flexibility index (Phi) is 9.06. The Labute approximate surface area is 291 Å². The first-order valence-electron chi connectivity index (χ1n) is 17.1. The van der Waals surface area contributed by atoms with Gasteiger partial charge in [-0.3, -0.25) is 10.2 Å². The topological polar surface area (TPSA) is 132 Å². The van der Waals surface area contributed by atoms with Crippen LogP contribution in [-0.4, -0.2) is 76.2 Å². The number of nitrogens with zero attached hydrogens (tertiary/aromatic N) is 4. The number of hydrogen-bond acceptors (Lipinski definition) is 9. The number of pyridine rings is 2. The number of benzene rings is 1. The molecule has 1 atom stereocenters. The Morgan fingerprint density at radius 2 is 1.62 bits per heavy atom. The third kappa shape index (κ3) is 7.41. The number of nitrogens with one attached hydrogen (secondary N) is 1.